The van der Waals surface area contributed by atoms with Crippen molar-refractivity contribution in [2.45, 2.75) is 19.1 Å². The quantitative estimate of drug-likeness (QED) is 0.877. The van der Waals surface area contributed by atoms with Crippen molar-refractivity contribution in [2.75, 3.05) is 13.1 Å². The highest BCUT2D eigenvalue weighted by Crippen LogP contribution is 2.27. The Morgan fingerprint density at radius 2 is 1.89 bits per heavy atom. The van der Waals surface area contributed by atoms with Gasteiger partial charge in [0.1, 0.15) is 11.8 Å². The lowest BCUT2D eigenvalue weighted by molar-refractivity contribution is -0.145. The zero-order valence-corrected chi connectivity index (χ0v) is 9.55. The van der Waals surface area contributed by atoms with Crippen LogP contribution in [0.15, 0.2) is 24.3 Å². The Labute approximate surface area is 103 Å². The summed E-state index contributed by atoms with van der Waals surface area (Å²) in [5, 5.41) is 9.18. The van der Waals surface area contributed by atoms with E-state index >= 15 is 0 Å². The summed E-state index contributed by atoms with van der Waals surface area (Å²) in [5.41, 5.74) is 0.573. The van der Waals surface area contributed by atoms with Crippen LogP contribution in [0.5, 0.6) is 5.75 Å². The van der Waals surface area contributed by atoms with E-state index in [0.717, 1.165) is 19.5 Å². The molecule has 1 aromatic rings. The number of nitrogens with zero attached hydrogens (tertiary/aromatic N) is 1. The molecule has 1 saturated heterocycles. The summed E-state index contributed by atoms with van der Waals surface area (Å²) in [6, 6.07) is 5.03. The highest BCUT2D eigenvalue weighted by Gasteiger charge is 2.31. The Balaban J connectivity index is 2.13. The third-order valence-corrected chi connectivity index (χ3v) is 2.91. The number of hydrogen-bond donors (Lipinski definition) is 1. The van der Waals surface area contributed by atoms with Gasteiger partial charge in [0.2, 0.25) is 0 Å². The first-order valence-corrected chi connectivity index (χ1v) is 5.59. The Bertz CT molecular complexity index is 418. The van der Waals surface area contributed by atoms with E-state index < -0.39 is 18.6 Å². The topological polar surface area (TPSA) is 49.8 Å². The maximum Gasteiger partial charge on any atom is 0.387 e. The van der Waals surface area contributed by atoms with Crippen LogP contribution in [0.4, 0.5) is 8.78 Å². The molecule has 0 saturated carbocycles. The van der Waals surface area contributed by atoms with Crippen molar-refractivity contribution in [1.82, 2.24) is 4.90 Å². The number of benzene rings is 1. The summed E-state index contributed by atoms with van der Waals surface area (Å²) < 4.78 is 28.2. The van der Waals surface area contributed by atoms with Gasteiger partial charge in [0.05, 0.1) is 0 Å². The van der Waals surface area contributed by atoms with Gasteiger partial charge in [-0.25, -0.2) is 0 Å². The van der Waals surface area contributed by atoms with Crippen molar-refractivity contribution >= 4 is 5.97 Å². The molecule has 1 unspecified atom stereocenters. The number of carboxylic acid groups (broad SMARTS) is 1. The standard InChI is InChI=1S/C12H13F2NO3/c13-12(14)18-9-4-2-8(3-5-9)10(11(16)17)15-6-1-7-15/h2-5,10,12H,1,6-7H2,(H,16,17). The molecular formula is C12H13F2NO3. The number of likely N-dealkylation sites (tertiary alicyclic amines) is 1. The summed E-state index contributed by atoms with van der Waals surface area (Å²) in [6.45, 7) is -1.39. The van der Waals surface area contributed by atoms with Crippen LogP contribution in [0.25, 0.3) is 0 Å². The van der Waals surface area contributed by atoms with E-state index in [2.05, 4.69) is 4.74 Å². The van der Waals surface area contributed by atoms with E-state index in [-0.39, 0.29) is 5.75 Å². The van der Waals surface area contributed by atoms with Crippen LogP contribution in [-0.4, -0.2) is 35.7 Å². The molecule has 0 amide bonds. The first-order chi connectivity index (χ1) is 8.58. The molecule has 18 heavy (non-hydrogen) atoms. The van der Waals surface area contributed by atoms with Crippen molar-refractivity contribution in [3.63, 3.8) is 0 Å². The molecule has 0 bridgehead atoms. The number of carbonyl (C=O) groups is 1. The molecule has 1 aliphatic heterocycles. The van der Waals surface area contributed by atoms with E-state index in [1.165, 1.54) is 24.3 Å². The summed E-state index contributed by atoms with van der Waals surface area (Å²) in [5.74, 6) is -0.904. The van der Waals surface area contributed by atoms with Gasteiger partial charge < -0.3 is 9.84 Å². The second-order valence-corrected chi connectivity index (χ2v) is 4.08. The van der Waals surface area contributed by atoms with Crippen molar-refractivity contribution in [3.8, 4) is 5.75 Å². The summed E-state index contributed by atoms with van der Waals surface area (Å²) in [4.78, 5) is 13.0. The number of carboxylic acids is 1. The maximum atomic E-state index is 12.0. The second-order valence-electron chi connectivity index (χ2n) is 4.08. The van der Waals surface area contributed by atoms with E-state index in [9.17, 15) is 18.7 Å². The van der Waals surface area contributed by atoms with Crippen LogP contribution in [0.3, 0.4) is 0 Å². The number of rotatable bonds is 5. The summed E-state index contributed by atoms with van der Waals surface area (Å²) in [6.07, 6.45) is 0.982. The van der Waals surface area contributed by atoms with Crippen molar-refractivity contribution in [3.05, 3.63) is 29.8 Å². The Morgan fingerprint density at radius 1 is 1.28 bits per heavy atom. The van der Waals surface area contributed by atoms with E-state index in [1.54, 1.807) is 0 Å². The molecule has 0 aliphatic carbocycles. The minimum atomic E-state index is -2.87. The number of alkyl halides is 2. The number of halogens is 2. The summed E-state index contributed by atoms with van der Waals surface area (Å²) in [7, 11) is 0. The van der Waals surface area contributed by atoms with Crippen molar-refractivity contribution in [1.29, 1.82) is 0 Å². The van der Waals surface area contributed by atoms with Gasteiger partial charge in [0, 0.05) is 13.1 Å². The smallest absolute Gasteiger partial charge is 0.387 e. The normalized spacial score (nSPS) is 17.3. The molecule has 1 aromatic carbocycles. The van der Waals surface area contributed by atoms with Crippen LogP contribution in [0.2, 0.25) is 0 Å². The molecule has 1 atom stereocenters. The van der Waals surface area contributed by atoms with Gasteiger partial charge in [-0.05, 0) is 24.1 Å². The van der Waals surface area contributed by atoms with Crippen molar-refractivity contribution < 1.29 is 23.4 Å². The molecule has 6 heteroatoms. The predicted octanol–water partition coefficient (Wildman–Crippen LogP) is 2.12. The fraction of sp³-hybridized carbons (Fsp3) is 0.417. The summed E-state index contributed by atoms with van der Waals surface area (Å²) >= 11 is 0. The van der Waals surface area contributed by atoms with E-state index in [1.807, 2.05) is 4.90 Å². The molecule has 0 radical (unpaired) electrons. The molecule has 1 N–H and O–H groups in total. The zero-order valence-electron chi connectivity index (χ0n) is 9.55. The van der Waals surface area contributed by atoms with Gasteiger partial charge in [-0.3, -0.25) is 9.69 Å². The zero-order chi connectivity index (χ0) is 13.1. The van der Waals surface area contributed by atoms with Gasteiger partial charge in [0.15, 0.2) is 0 Å². The average molecular weight is 257 g/mol. The predicted molar refractivity (Wildman–Crippen MR) is 59.6 cm³/mol. The SMILES string of the molecule is O=C(O)C(c1ccc(OC(F)F)cc1)N1CCC1. The molecule has 1 aliphatic rings. The third kappa shape index (κ3) is 2.76. The Morgan fingerprint density at radius 3 is 2.28 bits per heavy atom. The minimum Gasteiger partial charge on any atom is -0.480 e. The van der Waals surface area contributed by atoms with Crippen LogP contribution in [0, 0.1) is 0 Å². The van der Waals surface area contributed by atoms with Crippen LogP contribution in [0.1, 0.15) is 18.0 Å². The van der Waals surface area contributed by atoms with E-state index in [4.69, 9.17) is 0 Å². The molecule has 0 aromatic heterocycles. The highest BCUT2D eigenvalue weighted by atomic mass is 19.3. The van der Waals surface area contributed by atoms with Crippen molar-refractivity contribution in [2.24, 2.45) is 0 Å². The fourth-order valence-corrected chi connectivity index (χ4v) is 1.94. The Hall–Kier alpha value is -1.69. The second kappa shape index (κ2) is 5.30. The fourth-order valence-electron chi connectivity index (χ4n) is 1.94. The van der Waals surface area contributed by atoms with Crippen LogP contribution in [-0.2, 0) is 4.79 Å². The molecule has 0 spiro atoms. The highest BCUT2D eigenvalue weighted by molar-refractivity contribution is 5.75. The monoisotopic (exact) mass is 257 g/mol. The number of hydrogen-bond acceptors (Lipinski definition) is 3. The van der Waals surface area contributed by atoms with Gasteiger partial charge in [0.25, 0.3) is 0 Å². The first kappa shape index (κ1) is 12.8. The van der Waals surface area contributed by atoms with Gasteiger partial charge >= 0.3 is 12.6 Å². The lowest BCUT2D eigenvalue weighted by Gasteiger charge is -2.36. The van der Waals surface area contributed by atoms with Crippen LogP contribution >= 0.6 is 0 Å². The third-order valence-electron chi connectivity index (χ3n) is 2.91. The Kier molecular flexibility index (Phi) is 3.76. The largest absolute Gasteiger partial charge is 0.480 e. The lowest BCUT2D eigenvalue weighted by Crippen LogP contribution is -2.43. The lowest BCUT2D eigenvalue weighted by atomic mass is 10.0. The van der Waals surface area contributed by atoms with Gasteiger partial charge in [-0.1, -0.05) is 12.1 Å². The molecule has 1 heterocycles. The van der Waals surface area contributed by atoms with E-state index in [0.29, 0.717) is 5.56 Å². The van der Waals surface area contributed by atoms with Crippen LogP contribution < -0.4 is 4.74 Å². The molecule has 4 nitrogen and oxygen atoms in total. The molecule has 98 valence electrons. The molecular weight excluding hydrogens is 244 g/mol. The average Bonchev–Trinajstić information content (AvgIpc) is 2.23. The number of aliphatic carboxylic acids is 1. The first-order valence-electron chi connectivity index (χ1n) is 5.59. The minimum absolute atomic E-state index is 0.0292. The number of ether oxygens (including phenoxy) is 1. The maximum absolute atomic E-state index is 12.0. The molecule has 1 fully saturated rings. The van der Waals surface area contributed by atoms with Gasteiger partial charge in [-0.15, -0.1) is 0 Å². The molecule has 2 rings (SSSR count). The van der Waals surface area contributed by atoms with Gasteiger partial charge in [-0.2, -0.15) is 8.78 Å².